The first kappa shape index (κ1) is 25.3. The molecule has 1 amide bonds. The van der Waals surface area contributed by atoms with Gasteiger partial charge < -0.3 is 14.8 Å². The summed E-state index contributed by atoms with van der Waals surface area (Å²) in [5.41, 5.74) is 5.62. The number of benzene rings is 2. The second kappa shape index (κ2) is 11.8. The van der Waals surface area contributed by atoms with Crippen molar-refractivity contribution in [3.8, 4) is 0 Å². The van der Waals surface area contributed by atoms with Gasteiger partial charge in [0.2, 0.25) is 5.91 Å². The molecule has 1 saturated heterocycles. The smallest absolute Gasteiger partial charge is 0.234 e. The lowest BCUT2D eigenvalue weighted by Crippen LogP contribution is -2.45. The fourth-order valence-electron chi connectivity index (χ4n) is 4.40. The number of carbonyl (C=O) groups excluding carboxylic acids is 1. The zero-order valence-corrected chi connectivity index (χ0v) is 22.1. The summed E-state index contributed by atoms with van der Waals surface area (Å²) >= 11 is 1.50. The lowest BCUT2D eigenvalue weighted by molar-refractivity contribution is -0.113. The fourth-order valence-corrected chi connectivity index (χ4v) is 5.30. The van der Waals surface area contributed by atoms with Crippen molar-refractivity contribution in [2.75, 3.05) is 42.1 Å². The molecule has 2 heterocycles. The van der Waals surface area contributed by atoms with Crippen LogP contribution in [0.2, 0.25) is 0 Å². The largest absolute Gasteiger partial charge is 0.369 e. The lowest BCUT2D eigenvalue weighted by Gasteiger charge is -2.36. The maximum atomic E-state index is 12.6. The van der Waals surface area contributed by atoms with Crippen molar-refractivity contribution < 1.29 is 4.79 Å². The van der Waals surface area contributed by atoms with Gasteiger partial charge >= 0.3 is 0 Å². The van der Waals surface area contributed by atoms with Gasteiger partial charge in [-0.15, -0.1) is 0 Å². The Morgan fingerprint density at radius 3 is 2.34 bits per heavy atom. The summed E-state index contributed by atoms with van der Waals surface area (Å²) in [5, 5.41) is 3.96. The molecule has 6 nitrogen and oxygen atoms in total. The summed E-state index contributed by atoms with van der Waals surface area (Å²) < 4.78 is 2.23. The second-order valence-corrected chi connectivity index (χ2v) is 10.6. The van der Waals surface area contributed by atoms with Gasteiger partial charge in [0.1, 0.15) is 0 Å². The van der Waals surface area contributed by atoms with E-state index < -0.39 is 0 Å². The summed E-state index contributed by atoms with van der Waals surface area (Å²) in [6.07, 6.45) is 0. The van der Waals surface area contributed by atoms with E-state index >= 15 is 0 Å². The van der Waals surface area contributed by atoms with Crippen LogP contribution in [0.5, 0.6) is 0 Å². The summed E-state index contributed by atoms with van der Waals surface area (Å²) in [6, 6.07) is 18.9. The van der Waals surface area contributed by atoms with E-state index in [1.54, 1.807) is 0 Å². The number of nitrogens with zero attached hydrogens (tertiary/aromatic N) is 4. The molecule has 0 unspecified atom stereocenters. The lowest BCUT2D eigenvalue weighted by atomic mass is 10.2. The van der Waals surface area contributed by atoms with Crippen LogP contribution in [0, 0.1) is 19.8 Å². The first-order chi connectivity index (χ1) is 16.9. The highest BCUT2D eigenvalue weighted by Gasteiger charge is 2.18. The zero-order valence-electron chi connectivity index (χ0n) is 21.3. The minimum absolute atomic E-state index is 0.00770. The molecular weight excluding hydrogens is 454 g/mol. The van der Waals surface area contributed by atoms with Crippen molar-refractivity contribution in [3.05, 3.63) is 71.5 Å². The average Bonchev–Trinajstić information content (AvgIpc) is 3.12. The van der Waals surface area contributed by atoms with Gasteiger partial charge in [-0.3, -0.25) is 9.69 Å². The molecular formula is C28H37N5OS. The molecule has 0 spiro atoms. The Hall–Kier alpha value is -2.77. The van der Waals surface area contributed by atoms with Crippen molar-refractivity contribution in [1.29, 1.82) is 0 Å². The highest BCUT2D eigenvalue weighted by molar-refractivity contribution is 7.99. The highest BCUT2D eigenvalue weighted by atomic mass is 32.2. The minimum atomic E-state index is -0.00770. The third kappa shape index (κ3) is 6.89. The molecule has 1 aliphatic rings. The Bertz CT molecular complexity index is 1100. The summed E-state index contributed by atoms with van der Waals surface area (Å²) in [4.78, 5) is 22.2. The summed E-state index contributed by atoms with van der Waals surface area (Å²) in [6.45, 7) is 14.6. The molecule has 0 bridgehead atoms. The van der Waals surface area contributed by atoms with Gasteiger partial charge in [-0.2, -0.15) is 0 Å². The number of imidazole rings is 1. The number of anilines is 2. The predicted octanol–water partition coefficient (Wildman–Crippen LogP) is 5.21. The van der Waals surface area contributed by atoms with E-state index in [1.807, 2.05) is 19.1 Å². The molecule has 4 rings (SSSR count). The number of aromatic nitrogens is 2. The number of rotatable bonds is 9. The van der Waals surface area contributed by atoms with Gasteiger partial charge in [-0.25, -0.2) is 4.98 Å². The van der Waals surface area contributed by atoms with E-state index in [0.29, 0.717) is 11.7 Å². The molecule has 0 aliphatic carbocycles. The van der Waals surface area contributed by atoms with Crippen LogP contribution in [0.15, 0.2) is 59.8 Å². The van der Waals surface area contributed by atoms with E-state index in [9.17, 15) is 4.79 Å². The van der Waals surface area contributed by atoms with Crippen LogP contribution in [-0.2, 0) is 17.9 Å². The predicted molar refractivity (Wildman–Crippen MR) is 146 cm³/mol. The Labute approximate surface area is 213 Å². The molecule has 1 aromatic heterocycles. The highest BCUT2D eigenvalue weighted by Crippen LogP contribution is 2.24. The molecule has 1 aliphatic heterocycles. The SMILES string of the molecule is Cc1nc(SCC(=O)Nc2ccc(N3CCN(Cc4ccccc4)CC3)cc2)n(CC(C)C)c1C. The Morgan fingerprint density at radius 1 is 1.00 bits per heavy atom. The number of amides is 1. The molecule has 1 N–H and O–H groups in total. The summed E-state index contributed by atoms with van der Waals surface area (Å²) in [7, 11) is 0. The number of nitrogens with one attached hydrogen (secondary N) is 1. The number of hydrogen-bond acceptors (Lipinski definition) is 5. The van der Waals surface area contributed by atoms with Crippen molar-refractivity contribution in [3.63, 3.8) is 0 Å². The van der Waals surface area contributed by atoms with E-state index in [2.05, 4.69) is 87.9 Å². The van der Waals surface area contributed by atoms with Crippen molar-refractivity contribution in [2.24, 2.45) is 5.92 Å². The molecule has 186 valence electrons. The van der Waals surface area contributed by atoms with Crippen LogP contribution < -0.4 is 10.2 Å². The number of aryl methyl sites for hydroxylation is 1. The van der Waals surface area contributed by atoms with Gasteiger partial charge in [0.25, 0.3) is 0 Å². The molecule has 3 aromatic rings. The van der Waals surface area contributed by atoms with Crippen molar-refractivity contribution in [1.82, 2.24) is 14.5 Å². The van der Waals surface area contributed by atoms with E-state index in [-0.39, 0.29) is 5.91 Å². The Kier molecular flexibility index (Phi) is 8.52. The molecule has 35 heavy (non-hydrogen) atoms. The first-order valence-electron chi connectivity index (χ1n) is 12.5. The maximum absolute atomic E-state index is 12.6. The first-order valence-corrected chi connectivity index (χ1v) is 13.5. The van der Waals surface area contributed by atoms with Crippen LogP contribution in [0.1, 0.15) is 30.8 Å². The Morgan fingerprint density at radius 2 is 1.69 bits per heavy atom. The van der Waals surface area contributed by atoms with Crippen molar-refractivity contribution in [2.45, 2.75) is 45.9 Å². The number of carbonyl (C=O) groups is 1. The normalized spacial score (nSPS) is 14.5. The van der Waals surface area contributed by atoms with Crippen LogP contribution in [0.4, 0.5) is 11.4 Å². The van der Waals surface area contributed by atoms with Crippen LogP contribution in [0.3, 0.4) is 0 Å². The zero-order chi connectivity index (χ0) is 24.8. The molecule has 7 heteroatoms. The number of piperazine rings is 1. The molecule has 2 aromatic carbocycles. The van der Waals surface area contributed by atoms with Gasteiger partial charge in [-0.1, -0.05) is 55.9 Å². The standard InChI is InChI=1S/C28H37N5OS/c1-21(2)18-33-23(4)22(3)29-28(33)35-20-27(34)30-25-10-12-26(13-11-25)32-16-14-31(15-17-32)19-24-8-6-5-7-9-24/h5-13,21H,14-20H2,1-4H3,(H,30,34). The fraction of sp³-hybridized carbons (Fsp3) is 0.429. The van der Waals surface area contributed by atoms with E-state index in [4.69, 9.17) is 0 Å². The second-order valence-electron chi connectivity index (χ2n) is 9.70. The number of thioether (sulfide) groups is 1. The maximum Gasteiger partial charge on any atom is 0.234 e. The van der Waals surface area contributed by atoms with Gasteiger partial charge in [-0.05, 0) is 49.6 Å². The minimum Gasteiger partial charge on any atom is -0.369 e. The van der Waals surface area contributed by atoms with Gasteiger partial charge in [0, 0.05) is 56.3 Å². The third-order valence-corrected chi connectivity index (χ3v) is 7.42. The molecule has 0 atom stereocenters. The third-order valence-electron chi connectivity index (χ3n) is 6.44. The monoisotopic (exact) mass is 491 g/mol. The van der Waals surface area contributed by atoms with Crippen LogP contribution >= 0.6 is 11.8 Å². The molecule has 1 fully saturated rings. The quantitative estimate of drug-likeness (QED) is 0.417. The average molecular weight is 492 g/mol. The van der Waals surface area contributed by atoms with Gasteiger partial charge in [0.15, 0.2) is 5.16 Å². The van der Waals surface area contributed by atoms with Crippen LogP contribution in [0.25, 0.3) is 0 Å². The van der Waals surface area contributed by atoms with E-state index in [1.165, 1.54) is 28.7 Å². The Balaban J connectivity index is 1.25. The molecule has 0 saturated carbocycles. The van der Waals surface area contributed by atoms with Crippen molar-refractivity contribution >= 4 is 29.0 Å². The van der Waals surface area contributed by atoms with Gasteiger partial charge in [0.05, 0.1) is 11.4 Å². The van der Waals surface area contributed by atoms with Crippen LogP contribution in [-0.4, -0.2) is 52.3 Å². The number of hydrogen-bond donors (Lipinski definition) is 1. The summed E-state index contributed by atoms with van der Waals surface area (Å²) in [5.74, 6) is 0.867. The topological polar surface area (TPSA) is 53.4 Å². The molecule has 0 radical (unpaired) electrons. The van der Waals surface area contributed by atoms with E-state index in [0.717, 1.165) is 55.8 Å².